The van der Waals surface area contributed by atoms with E-state index in [1.165, 1.54) is 0 Å². The summed E-state index contributed by atoms with van der Waals surface area (Å²) in [6.45, 7) is 8.38. The molecule has 1 aromatic heterocycles. The molecule has 0 saturated carbocycles. The molecule has 0 aliphatic carbocycles. The van der Waals surface area contributed by atoms with Crippen LogP contribution in [0.2, 0.25) is 0 Å². The molecule has 1 unspecified atom stereocenters. The van der Waals surface area contributed by atoms with Crippen molar-refractivity contribution in [2.45, 2.75) is 33.7 Å². The summed E-state index contributed by atoms with van der Waals surface area (Å²) in [4.78, 5) is 11.6. The van der Waals surface area contributed by atoms with Crippen LogP contribution >= 0.6 is 0 Å². The Morgan fingerprint density at radius 2 is 2.12 bits per heavy atom. The van der Waals surface area contributed by atoms with Crippen molar-refractivity contribution in [2.24, 2.45) is 13.0 Å². The molecular weight excluding hydrogens is 216 g/mol. The number of aryl methyl sites for hydroxylation is 2. The highest BCUT2D eigenvalue weighted by Gasteiger charge is 2.11. The molecule has 5 nitrogen and oxygen atoms in total. The molecule has 1 rings (SSSR count). The number of anilines is 1. The number of hydrogen-bond acceptors (Lipinski definition) is 3. The standard InChI is InChI=1S/C12H22N4O/c1-8(2)9(3)14-12(17)6-13-11-7-16(5)15-10(11)4/h7-9,13H,6H2,1-5H3,(H,14,17). The first-order chi connectivity index (χ1) is 7.90. The van der Waals surface area contributed by atoms with Crippen LogP contribution in [0.5, 0.6) is 0 Å². The van der Waals surface area contributed by atoms with E-state index < -0.39 is 0 Å². The van der Waals surface area contributed by atoms with E-state index in [1.54, 1.807) is 4.68 Å². The van der Waals surface area contributed by atoms with Gasteiger partial charge in [0.1, 0.15) is 0 Å². The van der Waals surface area contributed by atoms with Crippen molar-refractivity contribution in [1.82, 2.24) is 15.1 Å². The Hall–Kier alpha value is -1.52. The third-order valence-corrected chi connectivity index (χ3v) is 2.84. The average molecular weight is 238 g/mol. The summed E-state index contributed by atoms with van der Waals surface area (Å²) >= 11 is 0. The number of aromatic nitrogens is 2. The second kappa shape index (κ2) is 5.70. The van der Waals surface area contributed by atoms with E-state index in [-0.39, 0.29) is 18.5 Å². The molecule has 0 aromatic carbocycles. The van der Waals surface area contributed by atoms with Gasteiger partial charge < -0.3 is 10.6 Å². The van der Waals surface area contributed by atoms with Crippen molar-refractivity contribution in [3.05, 3.63) is 11.9 Å². The van der Waals surface area contributed by atoms with Gasteiger partial charge in [0, 0.05) is 19.3 Å². The molecule has 1 atom stereocenters. The van der Waals surface area contributed by atoms with Crippen LogP contribution in [0.3, 0.4) is 0 Å². The van der Waals surface area contributed by atoms with Crippen LogP contribution in [-0.4, -0.2) is 28.3 Å². The van der Waals surface area contributed by atoms with Crippen molar-refractivity contribution in [3.8, 4) is 0 Å². The van der Waals surface area contributed by atoms with Gasteiger partial charge in [0.2, 0.25) is 5.91 Å². The molecule has 1 aromatic rings. The first kappa shape index (κ1) is 13.5. The predicted octanol–water partition coefficient (Wildman–Crippen LogP) is 1.30. The van der Waals surface area contributed by atoms with E-state index in [2.05, 4.69) is 29.6 Å². The zero-order valence-corrected chi connectivity index (χ0v) is 11.2. The summed E-state index contributed by atoms with van der Waals surface area (Å²) in [5, 5.41) is 10.2. The minimum Gasteiger partial charge on any atom is -0.373 e. The molecule has 1 amide bonds. The number of carbonyl (C=O) groups is 1. The van der Waals surface area contributed by atoms with Gasteiger partial charge in [0.15, 0.2) is 0 Å². The second-order valence-corrected chi connectivity index (χ2v) is 4.76. The summed E-state index contributed by atoms with van der Waals surface area (Å²) in [7, 11) is 1.86. The number of nitrogens with one attached hydrogen (secondary N) is 2. The summed E-state index contributed by atoms with van der Waals surface area (Å²) in [5.74, 6) is 0.452. The molecule has 2 N–H and O–H groups in total. The maximum Gasteiger partial charge on any atom is 0.239 e. The fourth-order valence-electron chi connectivity index (χ4n) is 1.42. The van der Waals surface area contributed by atoms with E-state index in [0.717, 1.165) is 11.4 Å². The van der Waals surface area contributed by atoms with Crippen molar-refractivity contribution < 1.29 is 4.79 Å². The molecule has 17 heavy (non-hydrogen) atoms. The average Bonchev–Trinajstić information content (AvgIpc) is 2.54. The highest BCUT2D eigenvalue weighted by molar-refractivity contribution is 5.81. The number of carbonyl (C=O) groups excluding carboxylic acids is 1. The number of hydrogen-bond donors (Lipinski definition) is 2. The third kappa shape index (κ3) is 4.09. The minimum absolute atomic E-state index is 0.00875. The van der Waals surface area contributed by atoms with E-state index in [0.29, 0.717) is 5.92 Å². The Kier molecular flexibility index (Phi) is 4.54. The zero-order valence-electron chi connectivity index (χ0n) is 11.2. The van der Waals surface area contributed by atoms with Gasteiger partial charge in [-0.3, -0.25) is 9.48 Å². The number of nitrogens with zero attached hydrogens (tertiary/aromatic N) is 2. The van der Waals surface area contributed by atoms with Crippen LogP contribution in [0, 0.1) is 12.8 Å². The van der Waals surface area contributed by atoms with Crippen LogP contribution in [0.4, 0.5) is 5.69 Å². The zero-order chi connectivity index (χ0) is 13.0. The Bertz CT molecular complexity index is 384. The molecule has 0 fully saturated rings. The van der Waals surface area contributed by atoms with Gasteiger partial charge >= 0.3 is 0 Å². The Morgan fingerprint density at radius 1 is 1.47 bits per heavy atom. The van der Waals surface area contributed by atoms with E-state index in [4.69, 9.17) is 0 Å². The molecule has 0 saturated heterocycles. The molecule has 0 spiro atoms. The smallest absolute Gasteiger partial charge is 0.239 e. The molecule has 0 aliphatic heterocycles. The van der Waals surface area contributed by atoms with Crippen LogP contribution in [-0.2, 0) is 11.8 Å². The first-order valence-corrected chi connectivity index (χ1v) is 5.93. The van der Waals surface area contributed by atoms with Gasteiger partial charge in [-0.15, -0.1) is 0 Å². The summed E-state index contributed by atoms with van der Waals surface area (Å²) in [5.41, 5.74) is 1.80. The van der Waals surface area contributed by atoms with E-state index in [9.17, 15) is 4.79 Å². The van der Waals surface area contributed by atoms with Crippen molar-refractivity contribution in [2.75, 3.05) is 11.9 Å². The highest BCUT2D eigenvalue weighted by Crippen LogP contribution is 2.10. The number of rotatable bonds is 5. The van der Waals surface area contributed by atoms with Crippen LogP contribution in [0.25, 0.3) is 0 Å². The maximum absolute atomic E-state index is 11.6. The molecule has 1 heterocycles. The number of amides is 1. The van der Waals surface area contributed by atoms with Crippen LogP contribution < -0.4 is 10.6 Å². The summed E-state index contributed by atoms with van der Waals surface area (Å²) in [6.07, 6.45) is 1.87. The topological polar surface area (TPSA) is 59.0 Å². The normalized spacial score (nSPS) is 12.6. The Morgan fingerprint density at radius 3 is 2.59 bits per heavy atom. The third-order valence-electron chi connectivity index (χ3n) is 2.84. The monoisotopic (exact) mass is 238 g/mol. The SMILES string of the molecule is Cc1nn(C)cc1NCC(=O)NC(C)C(C)C. The molecule has 5 heteroatoms. The summed E-state index contributed by atoms with van der Waals surface area (Å²) < 4.78 is 1.73. The molecule has 96 valence electrons. The van der Waals surface area contributed by atoms with Gasteiger partial charge in [-0.2, -0.15) is 5.10 Å². The lowest BCUT2D eigenvalue weighted by atomic mass is 10.1. The Balaban J connectivity index is 2.41. The van der Waals surface area contributed by atoms with Gasteiger partial charge in [-0.25, -0.2) is 0 Å². The first-order valence-electron chi connectivity index (χ1n) is 5.93. The van der Waals surface area contributed by atoms with E-state index in [1.807, 2.05) is 27.1 Å². The maximum atomic E-state index is 11.6. The fraction of sp³-hybridized carbons (Fsp3) is 0.667. The largest absolute Gasteiger partial charge is 0.373 e. The van der Waals surface area contributed by atoms with Gasteiger partial charge in [-0.05, 0) is 19.8 Å². The van der Waals surface area contributed by atoms with Crippen molar-refractivity contribution in [3.63, 3.8) is 0 Å². The molecule has 0 bridgehead atoms. The van der Waals surface area contributed by atoms with Gasteiger partial charge in [-0.1, -0.05) is 13.8 Å². The lowest BCUT2D eigenvalue weighted by Gasteiger charge is -2.17. The van der Waals surface area contributed by atoms with Crippen molar-refractivity contribution in [1.29, 1.82) is 0 Å². The fourth-order valence-corrected chi connectivity index (χ4v) is 1.42. The molecule has 0 radical (unpaired) electrons. The van der Waals surface area contributed by atoms with Gasteiger partial charge in [0.05, 0.1) is 17.9 Å². The minimum atomic E-state index is 0.00875. The Labute approximate surface area is 103 Å². The summed E-state index contributed by atoms with van der Waals surface area (Å²) in [6, 6.07) is 0.194. The highest BCUT2D eigenvalue weighted by atomic mass is 16.1. The van der Waals surface area contributed by atoms with Gasteiger partial charge in [0.25, 0.3) is 0 Å². The van der Waals surface area contributed by atoms with E-state index >= 15 is 0 Å². The van der Waals surface area contributed by atoms with Crippen LogP contribution in [0.1, 0.15) is 26.5 Å². The predicted molar refractivity (Wildman–Crippen MR) is 68.9 cm³/mol. The lowest BCUT2D eigenvalue weighted by molar-refractivity contribution is -0.120. The molecule has 0 aliphatic rings. The second-order valence-electron chi connectivity index (χ2n) is 4.76. The lowest BCUT2D eigenvalue weighted by Crippen LogP contribution is -2.39. The van der Waals surface area contributed by atoms with Crippen LogP contribution in [0.15, 0.2) is 6.20 Å². The quantitative estimate of drug-likeness (QED) is 0.813. The van der Waals surface area contributed by atoms with Crippen molar-refractivity contribution >= 4 is 11.6 Å². The molecular formula is C12H22N4O.